The molecule has 1 aliphatic heterocycles. The Bertz CT molecular complexity index is 459. The molecule has 0 unspecified atom stereocenters. The van der Waals surface area contributed by atoms with E-state index in [2.05, 4.69) is 28.0 Å². The predicted octanol–water partition coefficient (Wildman–Crippen LogP) is 2.27. The van der Waals surface area contributed by atoms with Crippen molar-refractivity contribution in [3.63, 3.8) is 0 Å². The van der Waals surface area contributed by atoms with Crippen LogP contribution in [0.2, 0.25) is 0 Å². The number of unbranched alkanes of at least 4 members (excludes halogenated alkanes) is 1. The van der Waals surface area contributed by atoms with E-state index >= 15 is 0 Å². The van der Waals surface area contributed by atoms with Crippen LogP contribution in [0.3, 0.4) is 0 Å². The average Bonchev–Trinajstić information content (AvgIpc) is 2.52. The van der Waals surface area contributed by atoms with Crippen LogP contribution in [0.4, 0.5) is 5.69 Å². The first-order valence-corrected chi connectivity index (χ1v) is 7.99. The Hall–Kier alpha value is -1.33. The molecule has 0 spiro atoms. The minimum atomic E-state index is 0.637. The molecule has 21 heavy (non-hydrogen) atoms. The van der Waals surface area contributed by atoms with Crippen LogP contribution in [0.25, 0.3) is 0 Å². The number of benzene rings is 1. The third kappa shape index (κ3) is 5.17. The maximum Gasteiger partial charge on any atom is 0.120 e. The molecule has 1 saturated heterocycles. The molecule has 1 aromatic rings. The SMILES string of the molecule is COc1cccc(N2CCN(CCCCC(N)=S)CC2)c1. The first-order chi connectivity index (χ1) is 10.2. The monoisotopic (exact) mass is 307 g/mol. The van der Waals surface area contributed by atoms with Gasteiger partial charge in [-0.1, -0.05) is 18.3 Å². The zero-order chi connectivity index (χ0) is 15.1. The molecule has 1 heterocycles. The highest BCUT2D eigenvalue weighted by Crippen LogP contribution is 2.22. The second kappa shape index (κ2) is 8.20. The maximum atomic E-state index is 5.52. The first-order valence-electron chi connectivity index (χ1n) is 7.58. The van der Waals surface area contributed by atoms with Gasteiger partial charge in [0.15, 0.2) is 0 Å². The van der Waals surface area contributed by atoms with Crippen LogP contribution < -0.4 is 15.4 Å². The van der Waals surface area contributed by atoms with Gasteiger partial charge in [-0.15, -0.1) is 0 Å². The van der Waals surface area contributed by atoms with E-state index in [0.717, 1.165) is 51.3 Å². The van der Waals surface area contributed by atoms with Gasteiger partial charge < -0.3 is 15.4 Å². The minimum absolute atomic E-state index is 0.637. The predicted molar refractivity (Wildman–Crippen MR) is 92.3 cm³/mol. The average molecular weight is 307 g/mol. The second-order valence-corrected chi connectivity index (χ2v) is 5.98. The lowest BCUT2D eigenvalue weighted by Crippen LogP contribution is -2.46. The van der Waals surface area contributed by atoms with E-state index in [1.165, 1.54) is 12.1 Å². The van der Waals surface area contributed by atoms with Gasteiger partial charge in [-0.3, -0.25) is 4.90 Å². The first kappa shape index (κ1) is 16.0. The molecule has 0 aliphatic carbocycles. The summed E-state index contributed by atoms with van der Waals surface area (Å²) in [5, 5.41) is 0. The van der Waals surface area contributed by atoms with Crippen molar-refractivity contribution in [2.24, 2.45) is 5.73 Å². The molecule has 1 aliphatic rings. The molecule has 5 heteroatoms. The Morgan fingerprint density at radius 1 is 1.24 bits per heavy atom. The Balaban J connectivity index is 1.73. The summed E-state index contributed by atoms with van der Waals surface area (Å²) < 4.78 is 5.29. The fourth-order valence-electron chi connectivity index (χ4n) is 2.67. The van der Waals surface area contributed by atoms with Gasteiger partial charge >= 0.3 is 0 Å². The van der Waals surface area contributed by atoms with Gasteiger partial charge in [-0.05, 0) is 37.9 Å². The number of hydrogen-bond acceptors (Lipinski definition) is 4. The molecule has 0 saturated carbocycles. The van der Waals surface area contributed by atoms with Crippen molar-refractivity contribution in [3.8, 4) is 5.75 Å². The summed E-state index contributed by atoms with van der Waals surface area (Å²) in [5.41, 5.74) is 6.77. The van der Waals surface area contributed by atoms with Crippen LogP contribution in [0.15, 0.2) is 24.3 Å². The van der Waals surface area contributed by atoms with Crippen LogP contribution in [0.1, 0.15) is 19.3 Å². The molecule has 1 fully saturated rings. The minimum Gasteiger partial charge on any atom is -0.497 e. The van der Waals surface area contributed by atoms with Crippen molar-refractivity contribution in [3.05, 3.63) is 24.3 Å². The summed E-state index contributed by atoms with van der Waals surface area (Å²) in [7, 11) is 1.71. The van der Waals surface area contributed by atoms with Gasteiger partial charge in [0.2, 0.25) is 0 Å². The topological polar surface area (TPSA) is 41.7 Å². The molecule has 0 radical (unpaired) electrons. The fraction of sp³-hybridized carbons (Fsp3) is 0.562. The summed E-state index contributed by atoms with van der Waals surface area (Å²) in [5.74, 6) is 0.924. The number of ether oxygens (including phenoxy) is 1. The van der Waals surface area contributed by atoms with Crippen LogP contribution >= 0.6 is 12.2 Å². The number of methoxy groups -OCH3 is 1. The lowest BCUT2D eigenvalue weighted by atomic mass is 10.2. The Kier molecular flexibility index (Phi) is 6.26. The van der Waals surface area contributed by atoms with Gasteiger partial charge in [-0.25, -0.2) is 0 Å². The zero-order valence-corrected chi connectivity index (χ0v) is 13.6. The molecule has 0 aromatic heterocycles. The van der Waals surface area contributed by atoms with Crippen LogP contribution in [-0.4, -0.2) is 49.7 Å². The molecule has 4 nitrogen and oxygen atoms in total. The Morgan fingerprint density at radius 2 is 2.00 bits per heavy atom. The number of piperazine rings is 1. The highest BCUT2D eigenvalue weighted by molar-refractivity contribution is 7.80. The normalized spacial score (nSPS) is 16.0. The quantitative estimate of drug-likeness (QED) is 0.618. The largest absolute Gasteiger partial charge is 0.497 e. The number of rotatable bonds is 7. The smallest absolute Gasteiger partial charge is 0.120 e. The molecular weight excluding hydrogens is 282 g/mol. The molecular formula is C16H25N3OS. The van der Waals surface area contributed by atoms with Crippen LogP contribution in [0.5, 0.6) is 5.75 Å². The third-order valence-corrected chi connectivity index (χ3v) is 4.14. The van der Waals surface area contributed by atoms with E-state index in [0.29, 0.717) is 4.99 Å². The van der Waals surface area contributed by atoms with E-state index in [1.807, 2.05) is 6.07 Å². The molecule has 116 valence electrons. The van der Waals surface area contributed by atoms with Crippen molar-refractivity contribution in [2.75, 3.05) is 44.7 Å². The van der Waals surface area contributed by atoms with E-state index in [9.17, 15) is 0 Å². The van der Waals surface area contributed by atoms with Gasteiger partial charge in [0.05, 0.1) is 12.1 Å². The van der Waals surface area contributed by atoms with Crippen molar-refractivity contribution in [1.82, 2.24) is 4.90 Å². The van der Waals surface area contributed by atoms with Crippen LogP contribution in [0, 0.1) is 0 Å². The standard InChI is InChI=1S/C16H25N3OS/c1-20-15-6-4-5-14(13-15)19-11-9-18(10-12-19)8-3-2-7-16(17)21/h4-6,13H,2-3,7-12H2,1H3,(H2,17,21). The summed E-state index contributed by atoms with van der Waals surface area (Å²) in [6, 6.07) is 8.30. The lowest BCUT2D eigenvalue weighted by molar-refractivity contribution is 0.253. The van der Waals surface area contributed by atoms with Crippen molar-refractivity contribution in [2.45, 2.75) is 19.3 Å². The molecule has 0 amide bonds. The molecule has 2 N–H and O–H groups in total. The summed E-state index contributed by atoms with van der Waals surface area (Å²) in [6.45, 7) is 5.52. The third-order valence-electron chi connectivity index (χ3n) is 3.94. The zero-order valence-electron chi connectivity index (χ0n) is 12.8. The summed E-state index contributed by atoms with van der Waals surface area (Å²) >= 11 is 4.90. The lowest BCUT2D eigenvalue weighted by Gasteiger charge is -2.36. The van der Waals surface area contributed by atoms with E-state index in [4.69, 9.17) is 22.7 Å². The number of hydrogen-bond donors (Lipinski definition) is 1. The molecule has 0 bridgehead atoms. The number of thiocarbonyl (C=S) groups is 1. The number of nitrogens with zero attached hydrogens (tertiary/aromatic N) is 2. The summed E-state index contributed by atoms with van der Waals surface area (Å²) in [6.07, 6.45) is 3.15. The van der Waals surface area contributed by atoms with Gasteiger partial charge in [0, 0.05) is 37.9 Å². The van der Waals surface area contributed by atoms with E-state index in [-0.39, 0.29) is 0 Å². The van der Waals surface area contributed by atoms with E-state index < -0.39 is 0 Å². The number of nitrogens with two attached hydrogens (primary N) is 1. The second-order valence-electron chi connectivity index (χ2n) is 5.45. The Labute approximate surface area is 132 Å². The van der Waals surface area contributed by atoms with Gasteiger partial charge in [-0.2, -0.15) is 0 Å². The highest BCUT2D eigenvalue weighted by atomic mass is 32.1. The Morgan fingerprint density at radius 3 is 2.67 bits per heavy atom. The fourth-order valence-corrected chi connectivity index (χ4v) is 2.82. The van der Waals surface area contributed by atoms with E-state index in [1.54, 1.807) is 7.11 Å². The number of anilines is 1. The summed E-state index contributed by atoms with van der Waals surface area (Å²) in [4.78, 5) is 5.59. The maximum absolute atomic E-state index is 5.52. The van der Waals surface area contributed by atoms with Gasteiger partial charge in [0.1, 0.15) is 5.75 Å². The van der Waals surface area contributed by atoms with Crippen LogP contribution in [-0.2, 0) is 0 Å². The molecule has 0 atom stereocenters. The van der Waals surface area contributed by atoms with Crippen molar-refractivity contribution in [1.29, 1.82) is 0 Å². The molecule has 1 aromatic carbocycles. The van der Waals surface area contributed by atoms with Crippen molar-refractivity contribution < 1.29 is 4.74 Å². The van der Waals surface area contributed by atoms with Gasteiger partial charge in [0.25, 0.3) is 0 Å². The van der Waals surface area contributed by atoms with Crippen molar-refractivity contribution >= 4 is 22.9 Å². The highest BCUT2D eigenvalue weighted by Gasteiger charge is 2.16. The molecule has 2 rings (SSSR count).